The van der Waals surface area contributed by atoms with Crippen molar-refractivity contribution in [2.45, 2.75) is 63.4 Å². The average Bonchev–Trinajstić information content (AvgIpc) is 3.54. The zero-order valence-corrected chi connectivity index (χ0v) is 26.2. The van der Waals surface area contributed by atoms with E-state index in [1.165, 1.54) is 11.8 Å². The third-order valence-corrected chi connectivity index (χ3v) is 12.3. The first-order chi connectivity index (χ1) is 21.1. The highest BCUT2D eigenvalue weighted by Crippen LogP contribution is 2.68. The third kappa shape index (κ3) is 4.34. The maximum atomic E-state index is 14.2. The highest BCUT2D eigenvalue weighted by atomic mass is 32.2. The number of aliphatic hydroxyl groups excluding tert-OH is 1. The van der Waals surface area contributed by atoms with E-state index < -0.39 is 17.1 Å². The van der Waals surface area contributed by atoms with Gasteiger partial charge < -0.3 is 14.6 Å². The van der Waals surface area contributed by atoms with Gasteiger partial charge in [-0.2, -0.15) is 0 Å². The number of aliphatic hydroxyl groups is 2. The number of Topliss-reactive ketones (excluding diaryl/α,β-unsaturated/α-hetero) is 1. The number of hydrogen-bond acceptors (Lipinski definition) is 7. The molecule has 0 spiro atoms. The van der Waals surface area contributed by atoms with Crippen LogP contribution in [0.5, 0.6) is 0 Å². The van der Waals surface area contributed by atoms with Crippen molar-refractivity contribution in [2.75, 3.05) is 5.75 Å². The fourth-order valence-electron chi connectivity index (χ4n) is 9.43. The lowest BCUT2D eigenvalue weighted by molar-refractivity contribution is -0.179. The highest BCUT2D eigenvalue weighted by Gasteiger charge is 2.70. The van der Waals surface area contributed by atoms with Crippen molar-refractivity contribution in [2.24, 2.45) is 34.5 Å². The zero-order chi connectivity index (χ0) is 30.9. The smallest absolute Gasteiger partial charge is 0.257 e. The van der Waals surface area contributed by atoms with E-state index in [2.05, 4.69) is 6.92 Å². The molecule has 6 nitrogen and oxygen atoms in total. The maximum absolute atomic E-state index is 14.2. The summed E-state index contributed by atoms with van der Waals surface area (Å²) in [5.41, 5.74) is 0.898. The minimum atomic E-state index is -1.58. The Morgan fingerprint density at radius 2 is 1.75 bits per heavy atom. The lowest BCUT2D eigenvalue weighted by Gasteiger charge is -2.59. The number of aromatic nitrogens is 1. The van der Waals surface area contributed by atoms with Crippen LogP contribution in [-0.2, 0) is 9.59 Å². The Bertz CT molecular complexity index is 1610. The first kappa shape index (κ1) is 29.5. The van der Waals surface area contributed by atoms with E-state index in [1.807, 2.05) is 80.6 Å². The summed E-state index contributed by atoms with van der Waals surface area (Å²) in [7, 11) is 0. The summed E-state index contributed by atoms with van der Waals surface area (Å²) in [6.07, 6.45) is 7.39. The van der Waals surface area contributed by atoms with Crippen molar-refractivity contribution in [1.29, 1.82) is 0 Å². The fraction of sp³-hybridized carbons (Fsp3) is 0.432. The monoisotopic (exact) mass is 609 g/mol. The molecular formula is C37H39NO5S. The van der Waals surface area contributed by atoms with Gasteiger partial charge in [0.05, 0.1) is 11.9 Å². The van der Waals surface area contributed by atoms with E-state index in [0.29, 0.717) is 23.1 Å². The number of fused-ring (bicyclic) bond motifs is 5. The van der Waals surface area contributed by atoms with Crippen molar-refractivity contribution in [3.63, 3.8) is 0 Å². The number of ketones is 2. The van der Waals surface area contributed by atoms with Crippen LogP contribution >= 0.6 is 11.8 Å². The Balaban J connectivity index is 1.15. The van der Waals surface area contributed by atoms with Crippen LogP contribution in [0.2, 0.25) is 0 Å². The van der Waals surface area contributed by atoms with Gasteiger partial charge in [0.1, 0.15) is 11.3 Å². The summed E-state index contributed by atoms with van der Waals surface area (Å²) >= 11 is 1.22. The minimum absolute atomic E-state index is 0.0100. The van der Waals surface area contributed by atoms with Crippen LogP contribution in [0.1, 0.15) is 46.5 Å². The molecular weight excluding hydrogens is 570 g/mol. The number of oxazole rings is 1. The Hall–Kier alpha value is -3.26. The third-order valence-electron chi connectivity index (χ3n) is 11.5. The van der Waals surface area contributed by atoms with E-state index in [-0.39, 0.29) is 46.4 Å². The molecule has 0 radical (unpaired) electrons. The lowest BCUT2D eigenvalue weighted by Crippen LogP contribution is -2.62. The van der Waals surface area contributed by atoms with Crippen molar-refractivity contribution in [3.05, 3.63) is 84.5 Å². The summed E-state index contributed by atoms with van der Waals surface area (Å²) in [5, 5.41) is 24.6. The fourth-order valence-corrected chi connectivity index (χ4v) is 10.2. The molecule has 4 aliphatic carbocycles. The van der Waals surface area contributed by atoms with Gasteiger partial charge in [-0.05, 0) is 55.6 Å². The van der Waals surface area contributed by atoms with E-state index >= 15 is 0 Å². The summed E-state index contributed by atoms with van der Waals surface area (Å²) < 4.78 is 6.26. The van der Waals surface area contributed by atoms with Gasteiger partial charge >= 0.3 is 0 Å². The molecule has 5 unspecified atom stereocenters. The van der Waals surface area contributed by atoms with Gasteiger partial charge in [-0.25, -0.2) is 4.98 Å². The van der Waals surface area contributed by atoms with Gasteiger partial charge in [0, 0.05) is 27.9 Å². The van der Waals surface area contributed by atoms with E-state index in [0.717, 1.165) is 36.0 Å². The van der Waals surface area contributed by atoms with Crippen molar-refractivity contribution in [1.82, 2.24) is 4.98 Å². The molecule has 0 saturated heterocycles. The lowest BCUT2D eigenvalue weighted by atomic mass is 9.46. The number of thioether (sulfide) groups is 1. The van der Waals surface area contributed by atoms with E-state index in [1.54, 1.807) is 12.2 Å². The van der Waals surface area contributed by atoms with Gasteiger partial charge in [-0.1, -0.05) is 105 Å². The second-order valence-corrected chi connectivity index (χ2v) is 14.6. The molecule has 0 amide bonds. The molecule has 3 fully saturated rings. The van der Waals surface area contributed by atoms with Gasteiger partial charge in [-0.15, -0.1) is 0 Å². The molecule has 7 heteroatoms. The molecule has 228 valence electrons. The van der Waals surface area contributed by atoms with Gasteiger partial charge in [0.25, 0.3) is 5.22 Å². The van der Waals surface area contributed by atoms with Crippen LogP contribution in [0, 0.1) is 34.5 Å². The Morgan fingerprint density at radius 3 is 2.45 bits per heavy atom. The standard InChI is InChI=1S/C37H39NO5S/c1-22-18-28-27-15-14-25-19-26(39)16-17-35(25,2)31(27)29(40)20-36(28,3)37(22,42)30(41)21-44-34-38-32(23-10-6-4-7-11-23)33(43-34)24-12-8-5-9-13-24/h4-13,16-17,19,22,27-29,31,40,42H,14-15,18,20-21H2,1-3H3/t22-,27?,28?,29+,31?,35?,36?,37+/m1/s1. The number of nitrogens with zero attached hydrogens (tertiary/aromatic N) is 1. The highest BCUT2D eigenvalue weighted by molar-refractivity contribution is 7.99. The molecule has 2 N–H and O–H groups in total. The van der Waals surface area contributed by atoms with Crippen molar-refractivity contribution >= 4 is 23.3 Å². The van der Waals surface area contributed by atoms with E-state index in [4.69, 9.17) is 9.40 Å². The molecule has 0 bridgehead atoms. The van der Waals surface area contributed by atoms with Gasteiger partial charge in [-0.3, -0.25) is 9.59 Å². The van der Waals surface area contributed by atoms with Crippen LogP contribution in [0.3, 0.4) is 0 Å². The number of carbonyl (C=O) groups excluding carboxylic acids is 2. The SMILES string of the molecule is C[C@@H]1CC2C3CCC4=CC(=O)C=CC4(C)C3[C@@H](O)CC2(C)[C@@]1(O)C(=O)CSc1nc(-c2ccccc2)c(-c2ccccc2)o1. The average molecular weight is 610 g/mol. The molecule has 44 heavy (non-hydrogen) atoms. The van der Waals surface area contributed by atoms with Gasteiger partial charge in [0.15, 0.2) is 17.3 Å². The maximum Gasteiger partial charge on any atom is 0.257 e. The minimum Gasteiger partial charge on any atom is -0.431 e. The largest absolute Gasteiger partial charge is 0.431 e. The topological polar surface area (TPSA) is 101 Å². The number of hydrogen-bond donors (Lipinski definition) is 2. The second kappa shape index (κ2) is 10.7. The first-order valence-corrected chi connectivity index (χ1v) is 16.7. The molecule has 1 aromatic heterocycles. The molecule has 2 aromatic carbocycles. The molecule has 0 aliphatic heterocycles. The van der Waals surface area contributed by atoms with E-state index in [9.17, 15) is 19.8 Å². The second-order valence-electron chi connectivity index (χ2n) is 13.7. The van der Waals surface area contributed by atoms with Gasteiger partial charge in [0.2, 0.25) is 0 Å². The van der Waals surface area contributed by atoms with Crippen LogP contribution in [0.25, 0.3) is 22.6 Å². The Morgan fingerprint density at radius 1 is 1.07 bits per heavy atom. The summed E-state index contributed by atoms with van der Waals surface area (Å²) in [6, 6.07) is 19.7. The number of rotatable bonds is 6. The quantitative estimate of drug-likeness (QED) is 0.293. The molecule has 4 aliphatic rings. The van der Waals surface area contributed by atoms with Crippen molar-refractivity contribution in [3.8, 4) is 22.6 Å². The molecule has 3 saturated carbocycles. The molecule has 1 heterocycles. The number of benzene rings is 2. The molecule has 7 rings (SSSR count). The van der Waals surface area contributed by atoms with Crippen LogP contribution in [0.15, 0.2) is 94.1 Å². The normalized spacial score (nSPS) is 35.9. The summed E-state index contributed by atoms with van der Waals surface area (Å²) in [4.78, 5) is 31.1. The molecule has 3 aromatic rings. The van der Waals surface area contributed by atoms with Crippen molar-refractivity contribution < 1.29 is 24.2 Å². The van der Waals surface area contributed by atoms with Crippen LogP contribution < -0.4 is 0 Å². The predicted molar refractivity (Wildman–Crippen MR) is 171 cm³/mol. The number of carbonyl (C=O) groups is 2. The molecule has 8 atom stereocenters. The summed E-state index contributed by atoms with van der Waals surface area (Å²) in [5.74, 6) is 0.364. The first-order valence-electron chi connectivity index (χ1n) is 15.7. The zero-order valence-electron chi connectivity index (χ0n) is 25.4. The Kier molecular flexibility index (Phi) is 7.15. The number of allylic oxidation sites excluding steroid dienone is 4. The Labute approximate surface area is 262 Å². The van der Waals surface area contributed by atoms with Crippen LogP contribution in [0.4, 0.5) is 0 Å². The van der Waals surface area contributed by atoms with Crippen LogP contribution in [-0.4, -0.2) is 44.2 Å². The summed E-state index contributed by atoms with van der Waals surface area (Å²) in [6.45, 7) is 6.14. The predicted octanol–water partition coefficient (Wildman–Crippen LogP) is 6.93.